The van der Waals surface area contributed by atoms with Gasteiger partial charge in [0.1, 0.15) is 11.6 Å². The molecular formula is C17H18F3N3O. The van der Waals surface area contributed by atoms with Gasteiger partial charge in [-0.25, -0.2) is 0 Å². The molecule has 1 fully saturated rings. The van der Waals surface area contributed by atoms with Crippen LogP contribution in [0.15, 0.2) is 36.0 Å². The number of hydrogen-bond donors (Lipinski definition) is 1. The average molecular weight is 337 g/mol. The molecule has 1 heterocycles. The summed E-state index contributed by atoms with van der Waals surface area (Å²) < 4.78 is 38.9. The molecule has 0 aliphatic carbocycles. The highest BCUT2D eigenvalue weighted by molar-refractivity contribution is 6.06. The van der Waals surface area contributed by atoms with Crippen LogP contribution in [0.2, 0.25) is 0 Å². The van der Waals surface area contributed by atoms with E-state index in [4.69, 9.17) is 0 Å². The number of nitriles is 1. The van der Waals surface area contributed by atoms with Gasteiger partial charge in [0.2, 0.25) is 0 Å². The van der Waals surface area contributed by atoms with Crippen molar-refractivity contribution in [2.24, 2.45) is 0 Å². The van der Waals surface area contributed by atoms with Gasteiger partial charge in [0.25, 0.3) is 5.91 Å². The molecule has 1 aliphatic rings. The van der Waals surface area contributed by atoms with Gasteiger partial charge in [0.05, 0.1) is 11.3 Å². The Labute approximate surface area is 138 Å². The van der Waals surface area contributed by atoms with Gasteiger partial charge in [-0.1, -0.05) is 25.0 Å². The van der Waals surface area contributed by atoms with Crippen LogP contribution in [0, 0.1) is 11.3 Å². The highest BCUT2D eigenvalue weighted by Gasteiger charge is 2.33. The molecule has 0 saturated carbocycles. The number of nitrogens with zero attached hydrogens (tertiary/aromatic N) is 2. The maximum atomic E-state index is 13.0. The zero-order valence-electron chi connectivity index (χ0n) is 13.1. The van der Waals surface area contributed by atoms with E-state index in [1.54, 1.807) is 6.07 Å². The van der Waals surface area contributed by atoms with E-state index < -0.39 is 17.6 Å². The molecule has 4 nitrogen and oxygen atoms in total. The zero-order valence-corrected chi connectivity index (χ0v) is 13.1. The first-order chi connectivity index (χ1) is 11.4. The number of carbonyl (C=O) groups is 1. The van der Waals surface area contributed by atoms with Crippen molar-refractivity contribution in [2.45, 2.75) is 31.9 Å². The number of amides is 1. The molecule has 128 valence electrons. The summed E-state index contributed by atoms with van der Waals surface area (Å²) in [5.74, 6) is -0.835. The number of halogens is 3. The van der Waals surface area contributed by atoms with Crippen LogP contribution in [0.25, 0.3) is 0 Å². The van der Waals surface area contributed by atoms with E-state index >= 15 is 0 Å². The largest absolute Gasteiger partial charge is 0.418 e. The molecule has 1 saturated heterocycles. The number of alkyl halides is 3. The Morgan fingerprint density at radius 3 is 2.38 bits per heavy atom. The predicted octanol–water partition coefficient (Wildman–Crippen LogP) is 3.93. The van der Waals surface area contributed by atoms with Crippen LogP contribution >= 0.6 is 0 Å². The third-order valence-electron chi connectivity index (χ3n) is 3.80. The molecule has 1 aromatic rings. The number of hydrogen-bond acceptors (Lipinski definition) is 3. The Morgan fingerprint density at radius 2 is 1.79 bits per heavy atom. The molecule has 0 spiro atoms. The molecule has 2 rings (SSSR count). The summed E-state index contributed by atoms with van der Waals surface area (Å²) in [5.41, 5.74) is -1.49. The normalized spacial score (nSPS) is 16.2. The molecule has 1 N–H and O–H groups in total. The van der Waals surface area contributed by atoms with Crippen LogP contribution in [0.3, 0.4) is 0 Å². The fourth-order valence-corrected chi connectivity index (χ4v) is 2.57. The van der Waals surface area contributed by atoms with Crippen molar-refractivity contribution >= 4 is 11.6 Å². The van der Waals surface area contributed by atoms with Crippen LogP contribution in [0.5, 0.6) is 0 Å². The minimum atomic E-state index is -4.58. The Bertz CT molecular complexity index is 654. The van der Waals surface area contributed by atoms with E-state index in [0.717, 1.165) is 44.8 Å². The van der Waals surface area contributed by atoms with Crippen molar-refractivity contribution in [2.75, 3.05) is 18.4 Å². The summed E-state index contributed by atoms with van der Waals surface area (Å²) >= 11 is 0. The third-order valence-corrected chi connectivity index (χ3v) is 3.80. The maximum absolute atomic E-state index is 13.0. The van der Waals surface area contributed by atoms with Gasteiger partial charge >= 0.3 is 6.18 Å². The number of carbonyl (C=O) groups excluding carboxylic acids is 1. The Morgan fingerprint density at radius 1 is 1.17 bits per heavy atom. The Balaban J connectivity index is 2.17. The number of rotatable bonds is 3. The molecule has 0 aromatic heterocycles. The number of para-hydroxylation sites is 1. The van der Waals surface area contributed by atoms with Crippen LogP contribution < -0.4 is 5.32 Å². The maximum Gasteiger partial charge on any atom is 0.418 e. The summed E-state index contributed by atoms with van der Waals surface area (Å²) in [6.07, 6.45) is 0.984. The Hall–Kier alpha value is -2.49. The van der Waals surface area contributed by atoms with Gasteiger partial charge in [0, 0.05) is 19.3 Å². The van der Waals surface area contributed by atoms with E-state index in [0.29, 0.717) is 0 Å². The monoisotopic (exact) mass is 337 g/mol. The first kappa shape index (κ1) is 17.9. The second-order valence-electron chi connectivity index (χ2n) is 5.60. The zero-order chi connectivity index (χ0) is 17.6. The molecule has 1 amide bonds. The van der Waals surface area contributed by atoms with Gasteiger partial charge in [-0.3, -0.25) is 4.79 Å². The van der Waals surface area contributed by atoms with Gasteiger partial charge in [-0.2, -0.15) is 18.4 Å². The average Bonchev–Trinajstić information content (AvgIpc) is 2.80. The van der Waals surface area contributed by atoms with Gasteiger partial charge in [-0.15, -0.1) is 0 Å². The Kier molecular flexibility index (Phi) is 5.85. The molecule has 0 atom stereocenters. The van der Waals surface area contributed by atoms with Gasteiger partial charge in [0.15, 0.2) is 0 Å². The van der Waals surface area contributed by atoms with E-state index in [1.807, 2.05) is 4.90 Å². The molecule has 0 bridgehead atoms. The first-order valence-electron chi connectivity index (χ1n) is 7.75. The van der Waals surface area contributed by atoms with Gasteiger partial charge in [-0.05, 0) is 25.0 Å². The minimum Gasteiger partial charge on any atom is -0.376 e. The lowest BCUT2D eigenvalue weighted by molar-refractivity contribution is -0.137. The fourth-order valence-electron chi connectivity index (χ4n) is 2.57. The highest BCUT2D eigenvalue weighted by atomic mass is 19.4. The van der Waals surface area contributed by atoms with Crippen molar-refractivity contribution in [3.8, 4) is 6.07 Å². The summed E-state index contributed by atoms with van der Waals surface area (Å²) in [6.45, 7) is 1.47. The fraction of sp³-hybridized carbons (Fsp3) is 0.412. The molecule has 1 aromatic carbocycles. The van der Waals surface area contributed by atoms with E-state index in [1.165, 1.54) is 24.4 Å². The highest BCUT2D eigenvalue weighted by Crippen LogP contribution is 2.34. The summed E-state index contributed by atoms with van der Waals surface area (Å²) in [4.78, 5) is 14.1. The second-order valence-corrected chi connectivity index (χ2v) is 5.60. The topological polar surface area (TPSA) is 56.1 Å². The van der Waals surface area contributed by atoms with Crippen molar-refractivity contribution in [3.05, 3.63) is 41.6 Å². The number of benzene rings is 1. The SMILES string of the molecule is N#C/C(=C/N1CCCCCC1)C(=O)Nc1ccccc1C(F)(F)F. The summed E-state index contributed by atoms with van der Waals surface area (Å²) in [6, 6.07) is 6.48. The van der Waals surface area contributed by atoms with Crippen LogP contribution in [-0.2, 0) is 11.0 Å². The molecule has 0 radical (unpaired) electrons. The van der Waals surface area contributed by atoms with Crippen molar-refractivity contribution in [1.29, 1.82) is 5.26 Å². The quantitative estimate of drug-likeness (QED) is 0.672. The lowest BCUT2D eigenvalue weighted by Gasteiger charge is -2.18. The van der Waals surface area contributed by atoms with Crippen LogP contribution in [0.1, 0.15) is 31.2 Å². The van der Waals surface area contributed by atoms with Crippen molar-refractivity contribution in [3.63, 3.8) is 0 Å². The summed E-state index contributed by atoms with van der Waals surface area (Å²) in [7, 11) is 0. The molecule has 1 aliphatic heterocycles. The molecule has 0 unspecified atom stereocenters. The van der Waals surface area contributed by atoms with E-state index in [9.17, 15) is 23.2 Å². The lowest BCUT2D eigenvalue weighted by atomic mass is 10.1. The number of anilines is 1. The smallest absolute Gasteiger partial charge is 0.376 e. The number of nitrogens with one attached hydrogen (secondary N) is 1. The standard InChI is InChI=1S/C17H18F3N3O/c18-17(19,20)14-7-3-4-8-15(14)22-16(24)13(11-21)12-23-9-5-1-2-6-10-23/h3-4,7-8,12H,1-2,5-6,9-10H2,(H,22,24)/b13-12-. The van der Waals surface area contributed by atoms with E-state index in [2.05, 4.69) is 5.32 Å². The lowest BCUT2D eigenvalue weighted by Crippen LogP contribution is -2.23. The number of likely N-dealkylation sites (tertiary alicyclic amines) is 1. The third kappa shape index (κ3) is 4.75. The first-order valence-corrected chi connectivity index (χ1v) is 7.75. The van der Waals surface area contributed by atoms with Crippen LogP contribution in [0.4, 0.5) is 18.9 Å². The van der Waals surface area contributed by atoms with Crippen molar-refractivity contribution < 1.29 is 18.0 Å². The van der Waals surface area contributed by atoms with Gasteiger partial charge < -0.3 is 10.2 Å². The molecule has 7 heteroatoms. The molecule has 24 heavy (non-hydrogen) atoms. The second kappa shape index (κ2) is 7.86. The predicted molar refractivity (Wildman–Crippen MR) is 83.8 cm³/mol. The minimum absolute atomic E-state index is 0.200. The van der Waals surface area contributed by atoms with Crippen LogP contribution in [-0.4, -0.2) is 23.9 Å². The summed E-state index contributed by atoms with van der Waals surface area (Å²) in [5, 5.41) is 11.4. The van der Waals surface area contributed by atoms with Crippen molar-refractivity contribution in [1.82, 2.24) is 4.90 Å². The van der Waals surface area contributed by atoms with E-state index in [-0.39, 0.29) is 11.3 Å². The molecular weight excluding hydrogens is 319 g/mol.